The highest BCUT2D eigenvalue weighted by Crippen LogP contribution is 2.26. The molecule has 3 aromatic rings. The van der Waals surface area contributed by atoms with Crippen LogP contribution in [0.25, 0.3) is 22.4 Å². The summed E-state index contributed by atoms with van der Waals surface area (Å²) < 4.78 is 5.22. The quantitative estimate of drug-likeness (QED) is 0.757. The summed E-state index contributed by atoms with van der Waals surface area (Å²) in [5.41, 5.74) is 2.89. The standard InChI is InChI=1S/C13H13N5O2.C2H6/c1-6-4-8(13(20-3)14-5-6)11-15-9-7(2)17-18-10(9)12(19)16-11;1-2/h4-5H,1-3H3,(H,17,18)(H,15,16,19);1-2H3. The van der Waals surface area contributed by atoms with Crippen LogP contribution in [-0.2, 0) is 0 Å². The molecule has 0 fully saturated rings. The summed E-state index contributed by atoms with van der Waals surface area (Å²) in [5.74, 6) is 0.833. The van der Waals surface area contributed by atoms with Crippen molar-refractivity contribution in [1.29, 1.82) is 0 Å². The van der Waals surface area contributed by atoms with Crippen molar-refractivity contribution in [2.75, 3.05) is 7.11 Å². The SMILES string of the molecule is CC.COc1ncc(C)cc1-c1nc2c(C)[nH]nc2c(=O)[nH]1. The maximum absolute atomic E-state index is 12.0. The van der Waals surface area contributed by atoms with Gasteiger partial charge in [0.2, 0.25) is 5.88 Å². The lowest BCUT2D eigenvalue weighted by atomic mass is 10.2. The molecule has 0 radical (unpaired) electrons. The molecule has 0 unspecified atom stereocenters. The summed E-state index contributed by atoms with van der Waals surface area (Å²) in [6.45, 7) is 7.73. The average Bonchev–Trinajstić information content (AvgIpc) is 2.91. The molecule has 0 aliphatic heterocycles. The lowest BCUT2D eigenvalue weighted by Crippen LogP contribution is -2.10. The van der Waals surface area contributed by atoms with Crippen LogP contribution in [0.1, 0.15) is 25.1 Å². The lowest BCUT2D eigenvalue weighted by Gasteiger charge is -2.07. The number of fused-ring (bicyclic) bond motifs is 1. The highest BCUT2D eigenvalue weighted by atomic mass is 16.5. The number of pyridine rings is 1. The van der Waals surface area contributed by atoms with Crippen LogP contribution in [0.15, 0.2) is 17.1 Å². The smallest absolute Gasteiger partial charge is 0.279 e. The Morgan fingerprint density at radius 3 is 2.59 bits per heavy atom. The Balaban J connectivity index is 0.000000847. The van der Waals surface area contributed by atoms with Crippen molar-refractivity contribution in [2.45, 2.75) is 27.7 Å². The van der Waals surface area contributed by atoms with E-state index in [0.717, 1.165) is 11.3 Å². The molecule has 0 saturated heterocycles. The second-order valence-corrected chi connectivity index (χ2v) is 4.53. The highest BCUT2D eigenvalue weighted by Gasteiger charge is 2.14. The zero-order valence-electron chi connectivity index (χ0n) is 13.3. The molecular formula is C15H19N5O2. The zero-order chi connectivity index (χ0) is 16.3. The van der Waals surface area contributed by atoms with Crippen molar-refractivity contribution >= 4 is 11.0 Å². The van der Waals surface area contributed by atoms with E-state index in [0.29, 0.717) is 28.3 Å². The molecule has 0 aromatic carbocycles. The van der Waals surface area contributed by atoms with Gasteiger partial charge in [0, 0.05) is 6.20 Å². The number of methoxy groups -OCH3 is 1. The predicted octanol–water partition coefficient (Wildman–Crippen LogP) is 2.36. The third-order valence-electron chi connectivity index (χ3n) is 3.02. The van der Waals surface area contributed by atoms with Gasteiger partial charge in [-0.25, -0.2) is 9.97 Å². The number of aromatic amines is 2. The maximum Gasteiger partial charge on any atom is 0.279 e. The summed E-state index contributed by atoms with van der Waals surface area (Å²) in [4.78, 5) is 23.4. The van der Waals surface area contributed by atoms with Crippen LogP contribution in [-0.4, -0.2) is 32.3 Å². The third-order valence-corrected chi connectivity index (χ3v) is 3.02. The van der Waals surface area contributed by atoms with E-state index in [-0.39, 0.29) is 5.56 Å². The Bertz CT molecular complexity index is 851. The largest absolute Gasteiger partial charge is 0.480 e. The average molecular weight is 301 g/mol. The second kappa shape index (κ2) is 6.38. The number of nitrogens with one attached hydrogen (secondary N) is 2. The topological polar surface area (TPSA) is 96.6 Å². The van der Waals surface area contributed by atoms with Crippen LogP contribution in [0, 0.1) is 13.8 Å². The van der Waals surface area contributed by atoms with Crippen LogP contribution in [0.5, 0.6) is 5.88 Å². The van der Waals surface area contributed by atoms with Crippen LogP contribution in [0.2, 0.25) is 0 Å². The van der Waals surface area contributed by atoms with E-state index in [9.17, 15) is 4.79 Å². The summed E-state index contributed by atoms with van der Waals surface area (Å²) >= 11 is 0. The van der Waals surface area contributed by atoms with Gasteiger partial charge in [0.25, 0.3) is 5.56 Å². The van der Waals surface area contributed by atoms with Crippen LogP contribution < -0.4 is 10.3 Å². The number of ether oxygens (including phenoxy) is 1. The van der Waals surface area contributed by atoms with E-state index >= 15 is 0 Å². The molecule has 2 N–H and O–H groups in total. The van der Waals surface area contributed by atoms with E-state index in [1.807, 2.05) is 33.8 Å². The van der Waals surface area contributed by atoms with Gasteiger partial charge in [-0.2, -0.15) is 5.10 Å². The molecule has 116 valence electrons. The molecule has 0 aliphatic rings. The Morgan fingerprint density at radius 1 is 1.18 bits per heavy atom. The van der Waals surface area contributed by atoms with E-state index in [2.05, 4.69) is 25.1 Å². The number of rotatable bonds is 2. The van der Waals surface area contributed by atoms with Gasteiger partial charge in [0.1, 0.15) is 11.3 Å². The maximum atomic E-state index is 12.0. The lowest BCUT2D eigenvalue weighted by molar-refractivity contribution is 0.399. The molecule has 0 aliphatic carbocycles. The molecule has 0 bridgehead atoms. The van der Waals surface area contributed by atoms with Gasteiger partial charge in [-0.15, -0.1) is 0 Å². The van der Waals surface area contributed by atoms with Gasteiger partial charge in [-0.3, -0.25) is 9.89 Å². The first-order valence-corrected chi connectivity index (χ1v) is 7.06. The Kier molecular flexibility index (Phi) is 4.55. The first-order valence-electron chi connectivity index (χ1n) is 7.06. The first kappa shape index (κ1) is 15.7. The normalized spacial score (nSPS) is 10.2. The number of aromatic nitrogens is 5. The Labute approximate surface area is 127 Å². The molecule has 0 atom stereocenters. The van der Waals surface area contributed by atoms with Crippen molar-refractivity contribution < 1.29 is 4.74 Å². The molecule has 7 nitrogen and oxygen atoms in total. The Morgan fingerprint density at radius 2 is 1.91 bits per heavy atom. The van der Waals surface area contributed by atoms with Crippen LogP contribution in [0.4, 0.5) is 0 Å². The fourth-order valence-corrected chi connectivity index (χ4v) is 2.04. The summed E-state index contributed by atoms with van der Waals surface area (Å²) in [6, 6.07) is 1.87. The van der Waals surface area contributed by atoms with Crippen molar-refractivity contribution in [3.8, 4) is 17.3 Å². The summed E-state index contributed by atoms with van der Waals surface area (Å²) in [5, 5.41) is 6.69. The van der Waals surface area contributed by atoms with Gasteiger partial charge < -0.3 is 9.72 Å². The predicted molar refractivity (Wildman–Crippen MR) is 85.1 cm³/mol. The molecule has 22 heavy (non-hydrogen) atoms. The van der Waals surface area contributed by atoms with Gasteiger partial charge in [0.05, 0.1) is 18.4 Å². The van der Waals surface area contributed by atoms with Gasteiger partial charge in [0.15, 0.2) is 5.52 Å². The van der Waals surface area contributed by atoms with Crippen LogP contribution >= 0.6 is 0 Å². The molecule has 3 aromatic heterocycles. The van der Waals surface area contributed by atoms with E-state index in [1.54, 1.807) is 6.20 Å². The second-order valence-electron chi connectivity index (χ2n) is 4.53. The highest BCUT2D eigenvalue weighted by molar-refractivity contribution is 5.78. The minimum absolute atomic E-state index is 0.294. The number of aryl methyl sites for hydroxylation is 2. The molecule has 0 amide bonds. The molecule has 0 saturated carbocycles. The van der Waals surface area contributed by atoms with Gasteiger partial charge in [-0.05, 0) is 25.5 Å². The molecule has 3 rings (SSSR count). The van der Waals surface area contributed by atoms with Crippen molar-refractivity contribution in [3.63, 3.8) is 0 Å². The summed E-state index contributed by atoms with van der Waals surface area (Å²) in [6.07, 6.45) is 1.70. The van der Waals surface area contributed by atoms with Crippen molar-refractivity contribution in [2.24, 2.45) is 0 Å². The monoisotopic (exact) mass is 301 g/mol. The molecule has 7 heteroatoms. The first-order chi connectivity index (χ1) is 10.6. The molecule has 3 heterocycles. The summed E-state index contributed by atoms with van der Waals surface area (Å²) in [7, 11) is 1.53. The number of hydrogen-bond donors (Lipinski definition) is 2. The van der Waals surface area contributed by atoms with Gasteiger partial charge in [-0.1, -0.05) is 13.8 Å². The number of nitrogens with zero attached hydrogens (tertiary/aromatic N) is 3. The molecule has 0 spiro atoms. The fourth-order valence-electron chi connectivity index (χ4n) is 2.04. The Hall–Kier alpha value is -2.70. The van der Waals surface area contributed by atoms with E-state index in [4.69, 9.17) is 4.74 Å². The number of H-pyrrole nitrogens is 2. The van der Waals surface area contributed by atoms with E-state index < -0.39 is 0 Å². The van der Waals surface area contributed by atoms with E-state index in [1.165, 1.54) is 7.11 Å². The van der Waals surface area contributed by atoms with Crippen molar-refractivity contribution in [3.05, 3.63) is 33.9 Å². The molecular weight excluding hydrogens is 282 g/mol. The van der Waals surface area contributed by atoms with Crippen LogP contribution in [0.3, 0.4) is 0 Å². The third kappa shape index (κ3) is 2.69. The van der Waals surface area contributed by atoms with Gasteiger partial charge >= 0.3 is 0 Å². The fraction of sp³-hybridized carbons (Fsp3) is 0.333. The van der Waals surface area contributed by atoms with Crippen molar-refractivity contribution in [1.82, 2.24) is 25.1 Å². The minimum Gasteiger partial charge on any atom is -0.480 e. The minimum atomic E-state index is -0.294. The zero-order valence-corrected chi connectivity index (χ0v) is 13.3. The number of hydrogen-bond acceptors (Lipinski definition) is 5.